The zero-order chi connectivity index (χ0) is 16.9. The zero-order valence-corrected chi connectivity index (χ0v) is 14.4. The van der Waals surface area contributed by atoms with Gasteiger partial charge in [-0.3, -0.25) is 0 Å². The first-order chi connectivity index (χ1) is 10.1. The Morgan fingerprint density at radius 3 is 2.59 bits per heavy atom. The molecule has 2 amide bonds. The fourth-order valence-corrected chi connectivity index (χ4v) is 2.13. The smallest absolute Gasteiger partial charge is 0.317 e. The summed E-state index contributed by atoms with van der Waals surface area (Å²) < 4.78 is 5.79. The van der Waals surface area contributed by atoms with Gasteiger partial charge in [-0.25, -0.2) is 4.79 Å². The van der Waals surface area contributed by atoms with Crippen molar-refractivity contribution in [3.05, 3.63) is 29.3 Å². The first-order valence-electron chi connectivity index (χ1n) is 7.56. The number of ether oxygens (including phenoxy) is 1. The van der Waals surface area contributed by atoms with Crippen molar-refractivity contribution in [1.29, 1.82) is 0 Å². The molecule has 5 nitrogen and oxygen atoms in total. The van der Waals surface area contributed by atoms with E-state index in [2.05, 4.69) is 5.32 Å². The van der Waals surface area contributed by atoms with E-state index in [0.717, 1.165) is 16.9 Å². The Labute approximate surface area is 133 Å². The molecule has 1 aromatic rings. The average molecular weight is 308 g/mol. The van der Waals surface area contributed by atoms with Crippen molar-refractivity contribution in [2.75, 3.05) is 13.6 Å². The first kappa shape index (κ1) is 18.3. The normalized spacial score (nSPS) is 11.5. The summed E-state index contributed by atoms with van der Waals surface area (Å²) in [4.78, 5) is 13.5. The summed E-state index contributed by atoms with van der Waals surface area (Å²) in [6, 6.07) is 5.71. The molecule has 0 aromatic heterocycles. The van der Waals surface area contributed by atoms with Crippen molar-refractivity contribution < 1.29 is 14.6 Å². The number of aryl methyl sites for hydroxylation is 1. The average Bonchev–Trinajstić information content (AvgIpc) is 2.34. The maximum absolute atomic E-state index is 12.1. The lowest BCUT2D eigenvalue weighted by Gasteiger charge is -2.26. The van der Waals surface area contributed by atoms with Gasteiger partial charge in [0.05, 0.1) is 18.2 Å². The van der Waals surface area contributed by atoms with Crippen molar-refractivity contribution in [2.24, 2.45) is 0 Å². The number of likely N-dealkylation sites (N-methyl/N-ethyl adjacent to an activating group) is 1. The maximum Gasteiger partial charge on any atom is 0.317 e. The lowest BCUT2D eigenvalue weighted by Crippen LogP contribution is -2.44. The minimum absolute atomic E-state index is 0.0779. The molecular weight excluding hydrogens is 280 g/mol. The number of hydrogen-bond donors (Lipinski definition) is 2. The third kappa shape index (κ3) is 6.35. The predicted molar refractivity (Wildman–Crippen MR) is 88.1 cm³/mol. The molecule has 1 aromatic carbocycles. The topological polar surface area (TPSA) is 61.8 Å². The molecule has 5 heteroatoms. The molecule has 0 aliphatic heterocycles. The molecule has 0 saturated heterocycles. The third-order valence-electron chi connectivity index (χ3n) is 2.99. The van der Waals surface area contributed by atoms with Gasteiger partial charge in [-0.2, -0.15) is 0 Å². The second-order valence-electron chi connectivity index (χ2n) is 6.60. The van der Waals surface area contributed by atoms with Gasteiger partial charge in [0.1, 0.15) is 5.75 Å². The van der Waals surface area contributed by atoms with Gasteiger partial charge in [-0.1, -0.05) is 12.1 Å². The molecule has 0 bridgehead atoms. The number of benzene rings is 1. The molecule has 2 N–H and O–H groups in total. The van der Waals surface area contributed by atoms with Crippen molar-refractivity contribution in [3.8, 4) is 5.75 Å². The van der Waals surface area contributed by atoms with E-state index in [1.165, 1.54) is 4.90 Å². The Balaban J connectivity index is 2.69. The Kier molecular flexibility index (Phi) is 6.23. The van der Waals surface area contributed by atoms with Crippen LogP contribution in [0.2, 0.25) is 0 Å². The highest BCUT2D eigenvalue weighted by Crippen LogP contribution is 2.21. The SMILES string of the molecule is Cc1ccc(CNC(=O)N(C)CC(C)(C)O)c(OC(C)C)c1. The van der Waals surface area contributed by atoms with Crippen LogP contribution in [0.4, 0.5) is 4.79 Å². The van der Waals surface area contributed by atoms with E-state index in [9.17, 15) is 9.90 Å². The van der Waals surface area contributed by atoms with Gasteiger partial charge < -0.3 is 20.1 Å². The number of hydrogen-bond acceptors (Lipinski definition) is 3. The van der Waals surface area contributed by atoms with Crippen molar-refractivity contribution in [1.82, 2.24) is 10.2 Å². The Morgan fingerprint density at radius 1 is 1.41 bits per heavy atom. The van der Waals surface area contributed by atoms with Crippen molar-refractivity contribution in [2.45, 2.75) is 52.9 Å². The van der Waals surface area contributed by atoms with Gasteiger partial charge in [0.25, 0.3) is 0 Å². The van der Waals surface area contributed by atoms with Crippen LogP contribution >= 0.6 is 0 Å². The second kappa shape index (κ2) is 7.49. The van der Waals surface area contributed by atoms with E-state index >= 15 is 0 Å². The van der Waals surface area contributed by atoms with Crippen molar-refractivity contribution >= 4 is 6.03 Å². The molecule has 0 aliphatic carbocycles. The van der Waals surface area contributed by atoms with E-state index in [1.54, 1.807) is 20.9 Å². The molecule has 1 rings (SSSR count). The quantitative estimate of drug-likeness (QED) is 0.849. The maximum atomic E-state index is 12.1. The fourth-order valence-electron chi connectivity index (χ4n) is 2.13. The van der Waals surface area contributed by atoms with Crippen LogP contribution in [0.1, 0.15) is 38.8 Å². The first-order valence-corrected chi connectivity index (χ1v) is 7.56. The molecule has 0 radical (unpaired) electrons. The number of nitrogens with one attached hydrogen (secondary N) is 1. The van der Waals surface area contributed by atoms with Crippen LogP contribution in [0.5, 0.6) is 5.75 Å². The summed E-state index contributed by atoms with van der Waals surface area (Å²) in [5.41, 5.74) is 1.14. The van der Waals surface area contributed by atoms with Crippen LogP contribution in [0.15, 0.2) is 18.2 Å². The molecule has 0 saturated carbocycles. The minimum atomic E-state index is -0.915. The van der Waals surface area contributed by atoms with Gasteiger partial charge >= 0.3 is 6.03 Å². The molecule has 0 fully saturated rings. The van der Waals surface area contributed by atoms with Gasteiger partial charge in [0.2, 0.25) is 0 Å². The number of carbonyl (C=O) groups excluding carboxylic acids is 1. The predicted octanol–water partition coefficient (Wildman–Crippen LogP) is 2.69. The van der Waals surface area contributed by atoms with Crippen LogP contribution in [0, 0.1) is 6.92 Å². The van der Waals surface area contributed by atoms with Crippen LogP contribution in [-0.2, 0) is 6.54 Å². The zero-order valence-electron chi connectivity index (χ0n) is 14.4. The summed E-state index contributed by atoms with van der Waals surface area (Å²) in [7, 11) is 1.66. The lowest BCUT2D eigenvalue weighted by molar-refractivity contribution is 0.0531. The highest BCUT2D eigenvalue weighted by Gasteiger charge is 2.19. The number of carbonyl (C=O) groups is 1. The minimum Gasteiger partial charge on any atom is -0.491 e. The summed E-state index contributed by atoms with van der Waals surface area (Å²) in [6.07, 6.45) is 0.0779. The van der Waals surface area contributed by atoms with Gasteiger partial charge in [0, 0.05) is 19.2 Å². The summed E-state index contributed by atoms with van der Waals surface area (Å²) in [5.74, 6) is 0.792. The van der Waals surface area contributed by atoms with E-state index in [0.29, 0.717) is 6.54 Å². The highest BCUT2D eigenvalue weighted by atomic mass is 16.5. The van der Waals surface area contributed by atoms with Crippen LogP contribution in [0.25, 0.3) is 0 Å². The Bertz CT molecular complexity index is 507. The molecular formula is C17H28N2O3. The summed E-state index contributed by atoms with van der Waals surface area (Å²) >= 11 is 0. The molecule has 22 heavy (non-hydrogen) atoms. The number of aliphatic hydroxyl groups is 1. The van der Waals surface area contributed by atoms with Crippen LogP contribution in [0.3, 0.4) is 0 Å². The second-order valence-corrected chi connectivity index (χ2v) is 6.60. The molecule has 0 atom stereocenters. The molecule has 0 aliphatic rings. The number of nitrogens with zero attached hydrogens (tertiary/aromatic N) is 1. The summed E-state index contributed by atoms with van der Waals surface area (Å²) in [6.45, 7) is 9.95. The molecule has 0 spiro atoms. The number of amides is 2. The van der Waals surface area contributed by atoms with E-state index in [-0.39, 0.29) is 18.7 Å². The molecule has 0 heterocycles. The molecule has 0 unspecified atom stereocenters. The lowest BCUT2D eigenvalue weighted by atomic mass is 10.1. The number of rotatable bonds is 6. The van der Waals surface area contributed by atoms with E-state index in [4.69, 9.17) is 4.74 Å². The third-order valence-corrected chi connectivity index (χ3v) is 2.99. The monoisotopic (exact) mass is 308 g/mol. The van der Waals surface area contributed by atoms with Crippen LogP contribution in [-0.4, -0.2) is 41.3 Å². The molecule has 124 valence electrons. The van der Waals surface area contributed by atoms with E-state index < -0.39 is 5.60 Å². The fraction of sp³-hybridized carbons (Fsp3) is 0.588. The van der Waals surface area contributed by atoms with Crippen molar-refractivity contribution in [3.63, 3.8) is 0 Å². The highest BCUT2D eigenvalue weighted by molar-refractivity contribution is 5.74. The Morgan fingerprint density at radius 2 is 2.05 bits per heavy atom. The largest absolute Gasteiger partial charge is 0.491 e. The summed E-state index contributed by atoms with van der Waals surface area (Å²) in [5, 5.41) is 12.6. The van der Waals surface area contributed by atoms with Crippen LogP contribution < -0.4 is 10.1 Å². The standard InChI is InChI=1S/C17H28N2O3/c1-12(2)22-15-9-13(3)7-8-14(15)10-18-16(20)19(6)11-17(4,5)21/h7-9,12,21H,10-11H2,1-6H3,(H,18,20). The van der Waals surface area contributed by atoms with Gasteiger partial charge in [-0.05, 0) is 46.2 Å². The number of urea groups is 1. The van der Waals surface area contributed by atoms with E-state index in [1.807, 2.05) is 39.0 Å². The Hall–Kier alpha value is -1.75. The van der Waals surface area contributed by atoms with Gasteiger partial charge in [-0.15, -0.1) is 0 Å². The van der Waals surface area contributed by atoms with Gasteiger partial charge in [0.15, 0.2) is 0 Å².